The van der Waals surface area contributed by atoms with Crippen molar-refractivity contribution in [2.24, 2.45) is 0 Å². The van der Waals surface area contributed by atoms with Gasteiger partial charge in [0.25, 0.3) is 0 Å². The van der Waals surface area contributed by atoms with Gasteiger partial charge in [0.2, 0.25) is 0 Å². The van der Waals surface area contributed by atoms with Crippen LogP contribution < -0.4 is 0 Å². The molecule has 5 heteroatoms. The van der Waals surface area contributed by atoms with Crippen molar-refractivity contribution in [3.63, 3.8) is 0 Å². The quantitative estimate of drug-likeness (QED) is 0.265. The first kappa shape index (κ1) is 26.1. The van der Waals surface area contributed by atoms with Crippen LogP contribution in [-0.4, -0.2) is 17.5 Å². The molecule has 0 saturated heterocycles. The normalized spacial score (nSPS) is 11.1. The molecule has 0 amide bonds. The summed E-state index contributed by atoms with van der Waals surface area (Å²) in [6, 6.07) is 9.16. The van der Waals surface area contributed by atoms with Crippen molar-refractivity contribution in [3.05, 3.63) is 35.4 Å². The highest BCUT2D eigenvalue weighted by atomic mass is 32.3. The summed E-state index contributed by atoms with van der Waals surface area (Å²) >= 11 is 0. The first-order valence-corrected chi connectivity index (χ1v) is 12.0. The predicted octanol–water partition coefficient (Wildman–Crippen LogP) is 6.84. The van der Waals surface area contributed by atoms with E-state index in [2.05, 4.69) is 38.1 Å². The highest BCUT2D eigenvalue weighted by Gasteiger charge is 2.02. The van der Waals surface area contributed by atoms with Gasteiger partial charge in [0.05, 0.1) is 0 Å². The zero-order valence-corrected chi connectivity index (χ0v) is 18.1. The second-order valence-corrected chi connectivity index (χ2v) is 8.15. The number of hydrogen-bond donors (Lipinski definition) is 2. The fraction of sp³-hybridized carbons (Fsp3) is 0.727. The minimum Gasteiger partial charge on any atom is -0.264 e. The van der Waals surface area contributed by atoms with Crippen LogP contribution in [0.4, 0.5) is 0 Å². The second kappa shape index (κ2) is 17.2. The van der Waals surface area contributed by atoms with Gasteiger partial charge in [-0.3, -0.25) is 9.11 Å². The second-order valence-electron chi connectivity index (χ2n) is 7.25. The topological polar surface area (TPSA) is 74.6 Å². The number of rotatable bonds is 14. The molecule has 4 nitrogen and oxygen atoms in total. The molecule has 0 aromatic heterocycles. The predicted molar refractivity (Wildman–Crippen MR) is 115 cm³/mol. The Bertz CT molecular complexity index is 512. The zero-order valence-electron chi connectivity index (χ0n) is 17.3. The molecule has 0 aliphatic rings. The van der Waals surface area contributed by atoms with Gasteiger partial charge in [0.1, 0.15) is 0 Å². The Balaban J connectivity index is 0.00000119. The molecule has 1 rings (SSSR count). The molecule has 0 aliphatic heterocycles. The third-order valence-electron chi connectivity index (χ3n) is 4.72. The summed E-state index contributed by atoms with van der Waals surface area (Å²) in [5, 5.41) is 0. The number of aryl methyl sites for hydroxylation is 2. The van der Waals surface area contributed by atoms with E-state index in [4.69, 9.17) is 17.5 Å². The molecule has 0 bridgehead atoms. The van der Waals surface area contributed by atoms with E-state index in [0.29, 0.717) is 0 Å². The third kappa shape index (κ3) is 19.7. The van der Waals surface area contributed by atoms with Crippen LogP contribution in [0.25, 0.3) is 0 Å². The first-order chi connectivity index (χ1) is 12.9. The zero-order chi connectivity index (χ0) is 20.4. The highest BCUT2D eigenvalue weighted by Crippen LogP contribution is 2.17. The summed E-state index contributed by atoms with van der Waals surface area (Å²) in [5.41, 5.74) is 3.23. The standard InChI is InChI=1S/C22H38.H2O4S/c1-3-5-7-9-11-13-17-21-19-15-16-20-22(21)18-14-12-10-8-6-4-2;1-5(2,3)4/h15-16,19-20H,3-14,17-18H2,1-2H3;(H2,1,2,3,4). The van der Waals surface area contributed by atoms with Crippen LogP contribution in [0.15, 0.2) is 24.3 Å². The molecular weight excluding hydrogens is 360 g/mol. The molecule has 0 radical (unpaired) electrons. The van der Waals surface area contributed by atoms with Gasteiger partial charge in [0, 0.05) is 0 Å². The van der Waals surface area contributed by atoms with Crippen molar-refractivity contribution in [2.45, 2.75) is 104 Å². The van der Waals surface area contributed by atoms with Gasteiger partial charge in [0.15, 0.2) is 0 Å². The Labute approximate surface area is 167 Å². The van der Waals surface area contributed by atoms with E-state index in [-0.39, 0.29) is 0 Å². The minimum absolute atomic E-state index is 1.29. The summed E-state index contributed by atoms with van der Waals surface area (Å²) in [7, 11) is -4.67. The Kier molecular flexibility index (Phi) is 16.6. The SMILES string of the molecule is CCCCCCCCc1ccccc1CCCCCCCC.O=S(=O)(O)O. The van der Waals surface area contributed by atoms with Crippen molar-refractivity contribution < 1.29 is 17.5 Å². The largest absolute Gasteiger partial charge is 0.394 e. The van der Waals surface area contributed by atoms with Crippen LogP contribution >= 0.6 is 0 Å². The van der Waals surface area contributed by atoms with E-state index in [1.165, 1.54) is 89.9 Å². The molecule has 0 saturated carbocycles. The van der Waals surface area contributed by atoms with Gasteiger partial charge in [-0.25, -0.2) is 0 Å². The molecular formula is C22H40O4S. The lowest BCUT2D eigenvalue weighted by molar-refractivity contribution is 0.381. The highest BCUT2D eigenvalue weighted by molar-refractivity contribution is 7.79. The van der Waals surface area contributed by atoms with E-state index < -0.39 is 10.4 Å². The van der Waals surface area contributed by atoms with Gasteiger partial charge >= 0.3 is 10.4 Å². The van der Waals surface area contributed by atoms with Gasteiger partial charge in [-0.15, -0.1) is 0 Å². The van der Waals surface area contributed by atoms with E-state index in [1.54, 1.807) is 11.1 Å². The van der Waals surface area contributed by atoms with Crippen LogP contribution in [0.3, 0.4) is 0 Å². The van der Waals surface area contributed by atoms with E-state index in [9.17, 15) is 0 Å². The maximum absolute atomic E-state index is 8.74. The van der Waals surface area contributed by atoms with Crippen molar-refractivity contribution in [3.8, 4) is 0 Å². The Morgan fingerprint density at radius 1 is 0.630 bits per heavy atom. The van der Waals surface area contributed by atoms with Crippen molar-refractivity contribution in [2.75, 3.05) is 0 Å². The van der Waals surface area contributed by atoms with Crippen molar-refractivity contribution in [1.82, 2.24) is 0 Å². The number of benzene rings is 1. The Morgan fingerprint density at radius 3 is 1.26 bits per heavy atom. The molecule has 1 aromatic carbocycles. The maximum Gasteiger partial charge on any atom is 0.394 e. The molecule has 2 N–H and O–H groups in total. The van der Waals surface area contributed by atoms with Crippen LogP contribution in [0.5, 0.6) is 0 Å². The van der Waals surface area contributed by atoms with E-state index >= 15 is 0 Å². The Morgan fingerprint density at radius 2 is 0.926 bits per heavy atom. The maximum atomic E-state index is 8.74. The van der Waals surface area contributed by atoms with Crippen LogP contribution in [-0.2, 0) is 23.2 Å². The van der Waals surface area contributed by atoms with Crippen LogP contribution in [0.2, 0.25) is 0 Å². The molecule has 0 aliphatic carbocycles. The van der Waals surface area contributed by atoms with E-state index in [0.717, 1.165) is 0 Å². The summed E-state index contributed by atoms with van der Waals surface area (Å²) in [5.74, 6) is 0. The van der Waals surface area contributed by atoms with Gasteiger partial charge in [-0.05, 0) is 36.8 Å². The lowest BCUT2D eigenvalue weighted by atomic mass is 9.96. The lowest BCUT2D eigenvalue weighted by Crippen LogP contribution is -1.95. The lowest BCUT2D eigenvalue weighted by Gasteiger charge is -2.09. The Hall–Kier alpha value is -0.910. The molecule has 0 unspecified atom stereocenters. The monoisotopic (exact) mass is 400 g/mol. The average Bonchev–Trinajstić information content (AvgIpc) is 2.60. The van der Waals surface area contributed by atoms with Crippen molar-refractivity contribution in [1.29, 1.82) is 0 Å². The van der Waals surface area contributed by atoms with Crippen LogP contribution in [0.1, 0.15) is 102 Å². The van der Waals surface area contributed by atoms with E-state index in [1.807, 2.05) is 0 Å². The smallest absolute Gasteiger partial charge is 0.264 e. The summed E-state index contributed by atoms with van der Waals surface area (Å²) in [6.07, 6.45) is 19.4. The van der Waals surface area contributed by atoms with Gasteiger partial charge < -0.3 is 0 Å². The average molecular weight is 401 g/mol. The molecule has 0 heterocycles. The fourth-order valence-corrected chi connectivity index (χ4v) is 3.24. The molecule has 158 valence electrons. The molecule has 0 fully saturated rings. The summed E-state index contributed by atoms with van der Waals surface area (Å²) < 4.78 is 31.6. The fourth-order valence-electron chi connectivity index (χ4n) is 3.24. The molecule has 27 heavy (non-hydrogen) atoms. The third-order valence-corrected chi connectivity index (χ3v) is 4.72. The van der Waals surface area contributed by atoms with Crippen LogP contribution in [0, 0.1) is 0 Å². The minimum atomic E-state index is -4.67. The first-order valence-electron chi connectivity index (χ1n) is 10.6. The molecule has 0 atom stereocenters. The van der Waals surface area contributed by atoms with Gasteiger partial charge in [-0.1, -0.05) is 102 Å². The van der Waals surface area contributed by atoms with Crippen molar-refractivity contribution >= 4 is 10.4 Å². The number of hydrogen-bond acceptors (Lipinski definition) is 2. The molecule has 1 aromatic rings. The summed E-state index contributed by atoms with van der Waals surface area (Å²) in [4.78, 5) is 0. The molecule has 0 spiro atoms. The number of unbranched alkanes of at least 4 members (excludes halogenated alkanes) is 10. The van der Waals surface area contributed by atoms with Gasteiger partial charge in [-0.2, -0.15) is 8.42 Å². The summed E-state index contributed by atoms with van der Waals surface area (Å²) in [6.45, 7) is 4.58.